The highest BCUT2D eigenvalue weighted by atomic mass is 19.4. The molecule has 3 aromatic rings. The summed E-state index contributed by atoms with van der Waals surface area (Å²) in [4.78, 5) is 15.5. The number of carbonyl (C=O) groups excluding carboxylic acids is 1. The van der Waals surface area contributed by atoms with Gasteiger partial charge in [0.05, 0.1) is 17.5 Å². The van der Waals surface area contributed by atoms with Gasteiger partial charge >= 0.3 is 6.18 Å². The number of halogens is 3. The summed E-state index contributed by atoms with van der Waals surface area (Å²) in [5, 5.41) is 4.43. The highest BCUT2D eigenvalue weighted by Crippen LogP contribution is 2.32. The second kappa shape index (κ2) is 5.38. The Labute approximate surface area is 128 Å². The number of hydrogen-bond donors (Lipinski definition) is 1. The van der Waals surface area contributed by atoms with Crippen molar-refractivity contribution in [3.63, 3.8) is 0 Å². The van der Waals surface area contributed by atoms with Crippen LogP contribution in [-0.4, -0.2) is 20.7 Å². The van der Waals surface area contributed by atoms with Gasteiger partial charge in [0.2, 0.25) is 0 Å². The van der Waals surface area contributed by atoms with E-state index in [1.165, 1.54) is 29.1 Å². The standard InChI is InChI=1S/C15H11F3N4O/c16-15(17,18)11-6-2-1-4-9(11)8-22-14-10(5-3-7-20-14)12(21-22)13(19)23/h1-7H,8H2,(H2,19,23). The van der Waals surface area contributed by atoms with Gasteiger partial charge < -0.3 is 5.73 Å². The van der Waals surface area contributed by atoms with E-state index < -0.39 is 17.6 Å². The largest absolute Gasteiger partial charge is 0.416 e. The summed E-state index contributed by atoms with van der Waals surface area (Å²) >= 11 is 0. The van der Waals surface area contributed by atoms with Gasteiger partial charge in [-0.1, -0.05) is 18.2 Å². The van der Waals surface area contributed by atoms with E-state index in [9.17, 15) is 18.0 Å². The molecule has 0 saturated carbocycles. The van der Waals surface area contributed by atoms with Gasteiger partial charge in [0.1, 0.15) is 0 Å². The molecule has 0 aliphatic carbocycles. The molecule has 0 aliphatic rings. The van der Waals surface area contributed by atoms with Crippen LogP contribution in [0.4, 0.5) is 13.2 Å². The molecule has 0 spiro atoms. The van der Waals surface area contributed by atoms with E-state index in [2.05, 4.69) is 10.1 Å². The van der Waals surface area contributed by atoms with Crippen LogP contribution < -0.4 is 5.73 Å². The maximum Gasteiger partial charge on any atom is 0.416 e. The Balaban J connectivity index is 2.12. The fraction of sp³-hybridized carbons (Fsp3) is 0.133. The quantitative estimate of drug-likeness (QED) is 0.806. The second-order valence-corrected chi connectivity index (χ2v) is 4.90. The first-order chi connectivity index (χ1) is 10.9. The van der Waals surface area contributed by atoms with Crippen LogP contribution in [0.25, 0.3) is 11.0 Å². The van der Waals surface area contributed by atoms with Crippen molar-refractivity contribution >= 4 is 16.9 Å². The maximum atomic E-state index is 13.1. The zero-order valence-corrected chi connectivity index (χ0v) is 11.7. The fourth-order valence-corrected chi connectivity index (χ4v) is 2.40. The Kier molecular flexibility index (Phi) is 3.51. The average Bonchev–Trinajstić information content (AvgIpc) is 2.86. The van der Waals surface area contributed by atoms with Crippen molar-refractivity contribution in [2.45, 2.75) is 12.7 Å². The molecule has 0 unspecified atom stereocenters. The number of nitrogens with zero attached hydrogens (tertiary/aromatic N) is 3. The van der Waals surface area contributed by atoms with Crippen LogP contribution in [0.2, 0.25) is 0 Å². The monoisotopic (exact) mass is 320 g/mol. The minimum absolute atomic E-state index is 0.0161. The van der Waals surface area contributed by atoms with Gasteiger partial charge in [-0.15, -0.1) is 0 Å². The van der Waals surface area contributed by atoms with Gasteiger partial charge in [0.15, 0.2) is 11.3 Å². The zero-order valence-electron chi connectivity index (χ0n) is 11.7. The molecule has 1 amide bonds. The Bertz CT molecular complexity index is 886. The zero-order chi connectivity index (χ0) is 16.6. The van der Waals surface area contributed by atoms with E-state index in [1.807, 2.05) is 0 Å². The Hall–Kier alpha value is -2.90. The number of pyridine rings is 1. The first-order valence-corrected chi connectivity index (χ1v) is 6.64. The van der Waals surface area contributed by atoms with Crippen molar-refractivity contribution in [3.05, 3.63) is 59.4 Å². The molecule has 0 aliphatic heterocycles. The maximum absolute atomic E-state index is 13.1. The molecule has 8 heteroatoms. The van der Waals surface area contributed by atoms with Crippen LogP contribution in [0.3, 0.4) is 0 Å². The Morgan fingerprint density at radius 1 is 1.17 bits per heavy atom. The van der Waals surface area contributed by atoms with Crippen LogP contribution in [0.1, 0.15) is 21.6 Å². The molecule has 0 fully saturated rings. The van der Waals surface area contributed by atoms with Gasteiger partial charge in [-0.25, -0.2) is 9.67 Å². The van der Waals surface area contributed by atoms with Gasteiger partial charge in [-0.05, 0) is 23.8 Å². The molecular weight excluding hydrogens is 309 g/mol. The highest BCUT2D eigenvalue weighted by molar-refractivity contribution is 6.03. The molecule has 1 aromatic carbocycles. The van der Waals surface area contributed by atoms with Crippen molar-refractivity contribution < 1.29 is 18.0 Å². The first kappa shape index (κ1) is 15.0. The Morgan fingerprint density at radius 3 is 2.61 bits per heavy atom. The fourth-order valence-electron chi connectivity index (χ4n) is 2.40. The number of aromatic nitrogens is 3. The summed E-state index contributed by atoms with van der Waals surface area (Å²) < 4.78 is 40.5. The predicted octanol–water partition coefficient (Wildman–Crippen LogP) is 2.60. The van der Waals surface area contributed by atoms with Crippen LogP contribution >= 0.6 is 0 Å². The number of alkyl halides is 3. The Morgan fingerprint density at radius 2 is 1.91 bits per heavy atom. The number of benzene rings is 1. The third-order valence-electron chi connectivity index (χ3n) is 3.38. The van der Waals surface area contributed by atoms with E-state index in [4.69, 9.17) is 5.73 Å². The van der Waals surface area contributed by atoms with E-state index in [-0.39, 0.29) is 17.8 Å². The number of hydrogen-bond acceptors (Lipinski definition) is 3. The molecule has 2 aromatic heterocycles. The number of rotatable bonds is 3. The predicted molar refractivity (Wildman–Crippen MR) is 76.6 cm³/mol. The molecular formula is C15H11F3N4O. The molecule has 23 heavy (non-hydrogen) atoms. The van der Waals surface area contributed by atoms with Gasteiger partial charge in [0.25, 0.3) is 5.91 Å². The summed E-state index contributed by atoms with van der Waals surface area (Å²) in [6.07, 6.45) is -3.00. The normalized spacial score (nSPS) is 11.8. The van der Waals surface area contributed by atoms with Crippen molar-refractivity contribution in [3.8, 4) is 0 Å². The highest BCUT2D eigenvalue weighted by Gasteiger charge is 2.33. The number of fused-ring (bicyclic) bond motifs is 1. The van der Waals surface area contributed by atoms with Gasteiger partial charge in [0, 0.05) is 6.20 Å². The molecule has 3 rings (SSSR count). The topological polar surface area (TPSA) is 73.8 Å². The second-order valence-electron chi connectivity index (χ2n) is 4.90. The number of nitrogens with two attached hydrogens (primary N) is 1. The summed E-state index contributed by atoms with van der Waals surface area (Å²) in [6, 6.07) is 8.40. The van der Waals surface area contributed by atoms with Gasteiger partial charge in [-0.3, -0.25) is 4.79 Å². The molecule has 2 N–H and O–H groups in total. The molecule has 0 bridgehead atoms. The van der Waals surface area contributed by atoms with Crippen molar-refractivity contribution in [2.24, 2.45) is 5.73 Å². The van der Waals surface area contributed by atoms with E-state index in [1.54, 1.807) is 12.1 Å². The van der Waals surface area contributed by atoms with E-state index >= 15 is 0 Å². The van der Waals surface area contributed by atoms with Crippen LogP contribution in [0.15, 0.2) is 42.6 Å². The van der Waals surface area contributed by atoms with Crippen LogP contribution in [0.5, 0.6) is 0 Å². The van der Waals surface area contributed by atoms with Gasteiger partial charge in [-0.2, -0.15) is 18.3 Å². The number of primary amides is 1. The summed E-state index contributed by atoms with van der Waals surface area (Å²) in [7, 11) is 0. The molecule has 0 atom stereocenters. The molecule has 2 heterocycles. The van der Waals surface area contributed by atoms with Crippen LogP contribution in [0, 0.1) is 0 Å². The molecule has 118 valence electrons. The molecule has 5 nitrogen and oxygen atoms in total. The lowest BCUT2D eigenvalue weighted by molar-refractivity contribution is -0.138. The summed E-state index contributed by atoms with van der Waals surface area (Å²) in [5.41, 5.74) is 4.83. The third-order valence-corrected chi connectivity index (χ3v) is 3.38. The minimum atomic E-state index is -4.47. The van der Waals surface area contributed by atoms with Crippen molar-refractivity contribution in [2.75, 3.05) is 0 Å². The van der Waals surface area contributed by atoms with Crippen LogP contribution in [-0.2, 0) is 12.7 Å². The van der Waals surface area contributed by atoms with Crippen molar-refractivity contribution in [1.29, 1.82) is 0 Å². The first-order valence-electron chi connectivity index (χ1n) is 6.64. The van der Waals surface area contributed by atoms with Crippen molar-refractivity contribution in [1.82, 2.24) is 14.8 Å². The number of amides is 1. The minimum Gasteiger partial charge on any atom is -0.364 e. The lowest BCUT2D eigenvalue weighted by Gasteiger charge is -2.12. The van der Waals surface area contributed by atoms with E-state index in [0.29, 0.717) is 11.0 Å². The SMILES string of the molecule is NC(=O)c1nn(Cc2ccccc2C(F)(F)F)c2ncccc12. The van der Waals surface area contributed by atoms with E-state index in [0.717, 1.165) is 6.07 Å². The number of carbonyl (C=O) groups is 1. The smallest absolute Gasteiger partial charge is 0.364 e. The molecule has 0 radical (unpaired) electrons. The lowest BCUT2D eigenvalue weighted by atomic mass is 10.1. The molecule has 0 saturated heterocycles. The average molecular weight is 320 g/mol. The summed E-state index contributed by atoms with van der Waals surface area (Å²) in [5.74, 6) is -0.758. The lowest BCUT2D eigenvalue weighted by Crippen LogP contribution is -2.14. The summed E-state index contributed by atoms with van der Waals surface area (Å²) in [6.45, 7) is -0.170. The third kappa shape index (κ3) is 2.75.